The maximum atomic E-state index is 2.38. The molecule has 0 saturated carbocycles. The molecule has 0 aromatic heterocycles. The highest BCUT2D eigenvalue weighted by molar-refractivity contribution is 6.00. The first kappa shape index (κ1) is 33.6. The molecule has 0 N–H and O–H groups in total. The highest BCUT2D eigenvalue weighted by Gasteiger charge is 2.20. The third-order valence-electron chi connectivity index (χ3n) is 10.3. The van der Waals surface area contributed by atoms with Gasteiger partial charge in [-0.25, -0.2) is 0 Å². The van der Waals surface area contributed by atoms with E-state index in [1.165, 1.54) is 61.2 Å². The Kier molecular flexibility index (Phi) is 9.41. The van der Waals surface area contributed by atoms with Crippen LogP contribution in [0.3, 0.4) is 0 Å². The van der Waals surface area contributed by atoms with E-state index in [0.717, 1.165) is 22.6 Å². The Morgan fingerprint density at radius 3 is 1.05 bits per heavy atom. The second-order valence-corrected chi connectivity index (χ2v) is 13.7. The molecule has 9 aromatic rings. The Hall–Kier alpha value is -7.22. The largest absolute Gasteiger partial charge is 0.310 e. The number of para-hydroxylation sites is 1. The molecule has 0 fully saturated rings. The zero-order valence-electron chi connectivity index (χ0n) is 30.5. The minimum atomic E-state index is 1.09. The van der Waals surface area contributed by atoms with Crippen molar-refractivity contribution in [2.75, 3.05) is 4.90 Å². The van der Waals surface area contributed by atoms with Crippen LogP contribution in [-0.2, 0) is 0 Å². The summed E-state index contributed by atoms with van der Waals surface area (Å²) in [4.78, 5) is 2.38. The number of nitrogens with zero attached hydrogens (tertiary/aromatic N) is 1. The molecule has 0 heterocycles. The summed E-state index contributed by atoms with van der Waals surface area (Å²) in [6.07, 6.45) is 0. The number of anilines is 3. The van der Waals surface area contributed by atoms with Gasteiger partial charge in [-0.15, -0.1) is 0 Å². The highest BCUT2D eigenvalue weighted by atomic mass is 15.1. The van der Waals surface area contributed by atoms with E-state index in [0.29, 0.717) is 0 Å². The third kappa shape index (κ3) is 6.88. The summed E-state index contributed by atoms with van der Waals surface area (Å²) >= 11 is 0. The first-order valence-corrected chi connectivity index (χ1v) is 18.9. The van der Waals surface area contributed by atoms with E-state index in [1.807, 2.05) is 0 Å². The lowest BCUT2D eigenvalue weighted by Crippen LogP contribution is -2.11. The van der Waals surface area contributed by atoms with Gasteiger partial charge in [-0.1, -0.05) is 206 Å². The van der Waals surface area contributed by atoms with Gasteiger partial charge in [0.25, 0.3) is 0 Å². The molecular formula is C54H39N. The Bertz CT molecular complexity index is 2650. The predicted octanol–water partition coefficient (Wildman–Crippen LogP) is 15.2. The van der Waals surface area contributed by atoms with Crippen molar-refractivity contribution >= 4 is 17.1 Å². The molecule has 1 heteroatoms. The second kappa shape index (κ2) is 15.4. The summed E-state index contributed by atoms with van der Waals surface area (Å²) in [6, 6.07) is 84.9. The average Bonchev–Trinajstić information content (AvgIpc) is 3.28. The number of rotatable bonds is 9. The SMILES string of the molecule is c1ccc(-c2ccc(N(c3ccc(-c4cccc(-c5ccccc5)c4-c4ccccc4-c4ccccc4)cc3)c3ccccc3-c3ccccc3)cc2)cc1. The molecule has 0 saturated heterocycles. The highest BCUT2D eigenvalue weighted by Crippen LogP contribution is 2.46. The van der Waals surface area contributed by atoms with Gasteiger partial charge in [-0.3, -0.25) is 0 Å². The molecule has 0 amide bonds. The number of hydrogen-bond acceptors (Lipinski definition) is 1. The Morgan fingerprint density at radius 1 is 0.200 bits per heavy atom. The smallest absolute Gasteiger partial charge is 0.0540 e. The van der Waals surface area contributed by atoms with E-state index in [-0.39, 0.29) is 0 Å². The van der Waals surface area contributed by atoms with E-state index >= 15 is 0 Å². The van der Waals surface area contributed by atoms with Gasteiger partial charge in [0.1, 0.15) is 0 Å². The Morgan fingerprint density at radius 2 is 0.527 bits per heavy atom. The zero-order valence-corrected chi connectivity index (χ0v) is 30.5. The van der Waals surface area contributed by atoms with Crippen LogP contribution in [0, 0.1) is 0 Å². The molecule has 0 unspecified atom stereocenters. The fourth-order valence-corrected chi connectivity index (χ4v) is 7.69. The minimum Gasteiger partial charge on any atom is -0.310 e. The van der Waals surface area contributed by atoms with Crippen LogP contribution in [0.15, 0.2) is 237 Å². The minimum absolute atomic E-state index is 1.09. The Labute approximate surface area is 324 Å². The molecule has 9 rings (SSSR count). The van der Waals surface area contributed by atoms with Crippen LogP contribution in [0.1, 0.15) is 0 Å². The first-order valence-electron chi connectivity index (χ1n) is 18.9. The van der Waals surface area contributed by atoms with Gasteiger partial charge in [-0.05, 0) is 91.5 Å². The summed E-state index contributed by atoms with van der Waals surface area (Å²) in [5.41, 5.74) is 17.7. The van der Waals surface area contributed by atoms with Crippen LogP contribution in [0.2, 0.25) is 0 Å². The molecule has 0 aliphatic heterocycles. The topological polar surface area (TPSA) is 3.24 Å². The summed E-state index contributed by atoms with van der Waals surface area (Å²) in [7, 11) is 0. The summed E-state index contributed by atoms with van der Waals surface area (Å²) in [5.74, 6) is 0. The van der Waals surface area contributed by atoms with Crippen molar-refractivity contribution in [1.82, 2.24) is 0 Å². The lowest BCUT2D eigenvalue weighted by Gasteiger charge is -2.28. The van der Waals surface area contributed by atoms with Gasteiger partial charge >= 0.3 is 0 Å². The molecule has 260 valence electrons. The molecule has 0 radical (unpaired) electrons. The van der Waals surface area contributed by atoms with Gasteiger partial charge in [-0.2, -0.15) is 0 Å². The van der Waals surface area contributed by atoms with E-state index < -0.39 is 0 Å². The second-order valence-electron chi connectivity index (χ2n) is 13.7. The predicted molar refractivity (Wildman–Crippen MR) is 234 cm³/mol. The maximum absolute atomic E-state index is 2.38. The fourth-order valence-electron chi connectivity index (χ4n) is 7.69. The van der Waals surface area contributed by atoms with Crippen LogP contribution < -0.4 is 4.90 Å². The van der Waals surface area contributed by atoms with Crippen LogP contribution in [0.4, 0.5) is 17.1 Å². The number of hydrogen-bond donors (Lipinski definition) is 0. The monoisotopic (exact) mass is 701 g/mol. The van der Waals surface area contributed by atoms with Gasteiger partial charge < -0.3 is 4.90 Å². The maximum Gasteiger partial charge on any atom is 0.0540 e. The van der Waals surface area contributed by atoms with E-state index in [2.05, 4.69) is 241 Å². The fraction of sp³-hybridized carbons (Fsp3) is 0. The summed E-state index contributed by atoms with van der Waals surface area (Å²) in [5, 5.41) is 0. The molecule has 0 spiro atoms. The lowest BCUT2D eigenvalue weighted by atomic mass is 9.84. The number of benzene rings is 9. The molecule has 0 bridgehead atoms. The molecule has 0 aliphatic rings. The van der Waals surface area contributed by atoms with Gasteiger partial charge in [0.05, 0.1) is 5.69 Å². The van der Waals surface area contributed by atoms with Crippen LogP contribution in [0.5, 0.6) is 0 Å². The third-order valence-corrected chi connectivity index (χ3v) is 10.3. The molecule has 0 atom stereocenters. The quantitative estimate of drug-likeness (QED) is 0.145. The van der Waals surface area contributed by atoms with Crippen molar-refractivity contribution in [3.63, 3.8) is 0 Å². The average molecular weight is 702 g/mol. The van der Waals surface area contributed by atoms with Crippen LogP contribution in [-0.4, -0.2) is 0 Å². The van der Waals surface area contributed by atoms with Crippen molar-refractivity contribution < 1.29 is 0 Å². The molecule has 9 aromatic carbocycles. The van der Waals surface area contributed by atoms with Gasteiger partial charge in [0, 0.05) is 16.9 Å². The Balaban J connectivity index is 1.20. The van der Waals surface area contributed by atoms with Crippen LogP contribution in [0.25, 0.3) is 66.8 Å². The van der Waals surface area contributed by atoms with Crippen molar-refractivity contribution in [2.24, 2.45) is 0 Å². The first-order chi connectivity index (χ1) is 27.3. The summed E-state index contributed by atoms with van der Waals surface area (Å²) < 4.78 is 0. The molecule has 55 heavy (non-hydrogen) atoms. The summed E-state index contributed by atoms with van der Waals surface area (Å²) in [6.45, 7) is 0. The molecule has 0 aliphatic carbocycles. The van der Waals surface area contributed by atoms with Gasteiger partial charge in [0.2, 0.25) is 0 Å². The van der Waals surface area contributed by atoms with E-state index in [9.17, 15) is 0 Å². The van der Waals surface area contributed by atoms with Crippen molar-refractivity contribution in [3.05, 3.63) is 237 Å². The van der Waals surface area contributed by atoms with Crippen molar-refractivity contribution in [3.8, 4) is 66.8 Å². The van der Waals surface area contributed by atoms with Crippen molar-refractivity contribution in [1.29, 1.82) is 0 Å². The standard InChI is InChI=1S/C54H39N/c1-5-18-40(19-6-1)41-32-36-46(37-33-41)55(53-31-16-15-27-49(53)43-22-9-3-10-23-43)47-38-34-45(35-39-47)51-30-17-29-50(44-24-11-4-12-25-44)54(51)52-28-14-13-26-48(52)42-20-7-2-8-21-42/h1-39H. The normalized spacial score (nSPS) is 10.9. The van der Waals surface area contributed by atoms with E-state index in [4.69, 9.17) is 0 Å². The van der Waals surface area contributed by atoms with Crippen molar-refractivity contribution in [2.45, 2.75) is 0 Å². The van der Waals surface area contributed by atoms with Crippen LogP contribution >= 0.6 is 0 Å². The van der Waals surface area contributed by atoms with Gasteiger partial charge in [0.15, 0.2) is 0 Å². The molecular weight excluding hydrogens is 663 g/mol. The molecule has 1 nitrogen and oxygen atoms in total. The zero-order chi connectivity index (χ0) is 36.8. The lowest BCUT2D eigenvalue weighted by molar-refractivity contribution is 1.28. The van der Waals surface area contributed by atoms with E-state index in [1.54, 1.807) is 0 Å².